The van der Waals surface area contributed by atoms with Crippen LogP contribution in [0.25, 0.3) is 10.6 Å². The van der Waals surface area contributed by atoms with E-state index in [1.54, 1.807) is 18.4 Å². The molecule has 1 unspecified atom stereocenters. The summed E-state index contributed by atoms with van der Waals surface area (Å²) in [7, 11) is 3.11. The normalized spacial score (nSPS) is 16.4. The molecule has 1 aliphatic heterocycles. The lowest BCUT2D eigenvalue weighted by Crippen LogP contribution is -2.45. The van der Waals surface area contributed by atoms with Crippen LogP contribution >= 0.6 is 11.3 Å². The molecule has 2 aromatic carbocycles. The zero-order valence-electron chi connectivity index (χ0n) is 15.9. The molecule has 0 N–H and O–H groups in total. The maximum absolute atomic E-state index is 12.4. The summed E-state index contributed by atoms with van der Waals surface area (Å²) in [5.74, 6) is 0.616. The van der Waals surface area contributed by atoms with Crippen LogP contribution in [0.1, 0.15) is 16.8 Å². The first-order valence-corrected chi connectivity index (χ1v) is 10.0. The average molecular weight is 394 g/mol. The summed E-state index contributed by atoms with van der Waals surface area (Å²) in [6, 6.07) is 15.9. The van der Waals surface area contributed by atoms with E-state index in [1.807, 2.05) is 36.4 Å². The molecule has 0 aliphatic carbocycles. The molecule has 3 aromatic rings. The number of carbonyl (C=O) groups is 1. The molecule has 2 heterocycles. The van der Waals surface area contributed by atoms with E-state index in [2.05, 4.69) is 22.4 Å². The molecule has 0 saturated carbocycles. The fraction of sp³-hybridized carbons (Fsp3) is 0.273. The SMILES string of the molecule is COC(=O)C1Cc2ccccc2CN1Cc1csc(-c2cccc(OC)c2)n1. The molecular formula is C22H22N2O3S. The maximum Gasteiger partial charge on any atom is 0.323 e. The van der Waals surface area contributed by atoms with Crippen molar-refractivity contribution >= 4 is 17.3 Å². The van der Waals surface area contributed by atoms with E-state index in [-0.39, 0.29) is 12.0 Å². The second-order valence-corrected chi connectivity index (χ2v) is 7.65. The standard InChI is InChI=1S/C22H22N2O3S/c1-26-19-9-5-8-16(10-19)21-23-18(14-28-21)13-24-12-17-7-4-3-6-15(17)11-20(24)22(25)27-2/h3-10,14,20H,11-13H2,1-2H3. The first-order chi connectivity index (χ1) is 13.7. The van der Waals surface area contributed by atoms with E-state index in [4.69, 9.17) is 14.5 Å². The van der Waals surface area contributed by atoms with Crippen LogP contribution in [0.15, 0.2) is 53.9 Å². The highest BCUT2D eigenvalue weighted by Gasteiger charge is 2.32. The molecule has 6 heteroatoms. The Bertz CT molecular complexity index is 985. The first kappa shape index (κ1) is 18.7. The van der Waals surface area contributed by atoms with Crippen molar-refractivity contribution in [2.24, 2.45) is 0 Å². The molecule has 144 valence electrons. The summed E-state index contributed by atoms with van der Waals surface area (Å²) in [4.78, 5) is 19.3. The largest absolute Gasteiger partial charge is 0.497 e. The lowest BCUT2D eigenvalue weighted by atomic mass is 9.94. The number of fused-ring (bicyclic) bond motifs is 1. The van der Waals surface area contributed by atoms with Crippen LogP contribution in [-0.4, -0.2) is 36.1 Å². The summed E-state index contributed by atoms with van der Waals surface area (Å²) in [6.07, 6.45) is 0.662. The monoisotopic (exact) mass is 394 g/mol. The van der Waals surface area contributed by atoms with E-state index in [0.29, 0.717) is 19.5 Å². The lowest BCUT2D eigenvalue weighted by Gasteiger charge is -2.34. The Labute approximate surface area is 168 Å². The molecular weight excluding hydrogens is 372 g/mol. The molecule has 5 nitrogen and oxygen atoms in total. The topological polar surface area (TPSA) is 51.7 Å². The Morgan fingerprint density at radius 1 is 1.18 bits per heavy atom. The molecule has 0 bridgehead atoms. The van der Waals surface area contributed by atoms with Gasteiger partial charge in [-0.2, -0.15) is 0 Å². The number of aromatic nitrogens is 1. The number of hydrogen-bond donors (Lipinski definition) is 0. The zero-order valence-corrected chi connectivity index (χ0v) is 16.7. The number of nitrogens with zero attached hydrogens (tertiary/aromatic N) is 2. The third-order valence-electron chi connectivity index (χ3n) is 5.05. The summed E-state index contributed by atoms with van der Waals surface area (Å²) in [5, 5.41) is 3.00. The summed E-state index contributed by atoms with van der Waals surface area (Å²) in [6.45, 7) is 1.32. The van der Waals surface area contributed by atoms with E-state index in [0.717, 1.165) is 22.0 Å². The molecule has 0 fully saturated rings. The Morgan fingerprint density at radius 2 is 2.00 bits per heavy atom. The van der Waals surface area contributed by atoms with Gasteiger partial charge in [0.25, 0.3) is 0 Å². The van der Waals surface area contributed by atoms with Crippen molar-refractivity contribution in [2.75, 3.05) is 14.2 Å². The summed E-state index contributed by atoms with van der Waals surface area (Å²) >= 11 is 1.60. The summed E-state index contributed by atoms with van der Waals surface area (Å²) < 4.78 is 10.4. The molecule has 0 saturated heterocycles. The van der Waals surface area contributed by atoms with Crippen LogP contribution in [-0.2, 0) is 29.0 Å². The number of thiazole rings is 1. The van der Waals surface area contributed by atoms with Crippen LogP contribution in [0.4, 0.5) is 0 Å². The lowest BCUT2D eigenvalue weighted by molar-refractivity contribution is -0.148. The van der Waals surface area contributed by atoms with Crippen LogP contribution in [0.3, 0.4) is 0 Å². The van der Waals surface area contributed by atoms with Crippen molar-refractivity contribution in [2.45, 2.75) is 25.6 Å². The predicted molar refractivity (Wildman–Crippen MR) is 109 cm³/mol. The van der Waals surface area contributed by atoms with Crippen molar-refractivity contribution in [3.63, 3.8) is 0 Å². The van der Waals surface area contributed by atoms with Crippen LogP contribution in [0, 0.1) is 0 Å². The fourth-order valence-corrected chi connectivity index (χ4v) is 4.40. The number of carbonyl (C=O) groups excluding carboxylic acids is 1. The minimum absolute atomic E-state index is 0.197. The van der Waals surface area contributed by atoms with Crippen molar-refractivity contribution in [3.8, 4) is 16.3 Å². The molecule has 28 heavy (non-hydrogen) atoms. The fourth-order valence-electron chi connectivity index (χ4n) is 3.59. The highest BCUT2D eigenvalue weighted by molar-refractivity contribution is 7.13. The molecule has 1 aromatic heterocycles. The molecule has 1 atom stereocenters. The van der Waals surface area contributed by atoms with Crippen molar-refractivity contribution in [1.82, 2.24) is 9.88 Å². The Kier molecular flexibility index (Phi) is 5.41. The van der Waals surface area contributed by atoms with Crippen molar-refractivity contribution in [1.29, 1.82) is 0 Å². The molecule has 0 amide bonds. The second kappa shape index (κ2) is 8.12. The zero-order chi connectivity index (χ0) is 19.5. The third kappa shape index (κ3) is 3.79. The van der Waals surface area contributed by atoms with E-state index >= 15 is 0 Å². The Balaban J connectivity index is 1.57. The number of methoxy groups -OCH3 is 2. The van der Waals surface area contributed by atoms with Gasteiger partial charge in [0, 0.05) is 24.0 Å². The van der Waals surface area contributed by atoms with Gasteiger partial charge in [0.15, 0.2) is 0 Å². The number of ether oxygens (including phenoxy) is 2. The van der Waals surface area contributed by atoms with Crippen LogP contribution in [0.2, 0.25) is 0 Å². The first-order valence-electron chi connectivity index (χ1n) is 9.15. The van der Waals surface area contributed by atoms with Crippen molar-refractivity contribution in [3.05, 3.63) is 70.7 Å². The summed E-state index contributed by atoms with van der Waals surface area (Å²) in [5.41, 5.74) is 4.45. The van der Waals surface area contributed by atoms with E-state index < -0.39 is 0 Å². The van der Waals surface area contributed by atoms with E-state index in [1.165, 1.54) is 18.2 Å². The van der Waals surface area contributed by atoms with E-state index in [9.17, 15) is 4.79 Å². The number of benzene rings is 2. The second-order valence-electron chi connectivity index (χ2n) is 6.79. The van der Waals surface area contributed by atoms with Gasteiger partial charge >= 0.3 is 5.97 Å². The third-order valence-corrected chi connectivity index (χ3v) is 5.99. The van der Waals surface area contributed by atoms with Gasteiger partial charge in [-0.3, -0.25) is 9.69 Å². The highest BCUT2D eigenvalue weighted by atomic mass is 32.1. The van der Waals surface area contributed by atoms with Gasteiger partial charge in [-0.1, -0.05) is 36.4 Å². The smallest absolute Gasteiger partial charge is 0.323 e. The molecule has 0 radical (unpaired) electrons. The van der Waals surface area contributed by atoms with Gasteiger partial charge < -0.3 is 9.47 Å². The minimum atomic E-state index is -0.290. The van der Waals surface area contributed by atoms with Gasteiger partial charge in [-0.15, -0.1) is 11.3 Å². The van der Waals surface area contributed by atoms with Gasteiger partial charge in [-0.25, -0.2) is 4.98 Å². The molecule has 4 rings (SSSR count). The maximum atomic E-state index is 12.4. The molecule has 0 spiro atoms. The minimum Gasteiger partial charge on any atom is -0.497 e. The van der Waals surface area contributed by atoms with Crippen LogP contribution < -0.4 is 4.74 Å². The number of hydrogen-bond acceptors (Lipinski definition) is 6. The number of esters is 1. The van der Waals surface area contributed by atoms with Gasteiger partial charge in [0.05, 0.1) is 19.9 Å². The average Bonchev–Trinajstić information content (AvgIpc) is 3.21. The quantitative estimate of drug-likeness (QED) is 0.614. The van der Waals surface area contributed by atoms with Gasteiger partial charge in [-0.05, 0) is 29.7 Å². The van der Waals surface area contributed by atoms with Gasteiger partial charge in [0.1, 0.15) is 16.8 Å². The van der Waals surface area contributed by atoms with Crippen molar-refractivity contribution < 1.29 is 14.3 Å². The molecule has 1 aliphatic rings. The Morgan fingerprint density at radius 3 is 2.79 bits per heavy atom. The number of rotatable bonds is 5. The Hall–Kier alpha value is -2.70. The highest BCUT2D eigenvalue weighted by Crippen LogP contribution is 2.29. The van der Waals surface area contributed by atoms with Gasteiger partial charge in [0.2, 0.25) is 0 Å². The predicted octanol–water partition coefficient (Wildman–Crippen LogP) is 3.92. The van der Waals surface area contributed by atoms with Crippen LogP contribution in [0.5, 0.6) is 5.75 Å².